The minimum atomic E-state index is -1.34. The normalized spacial score (nSPS) is 23.7. The summed E-state index contributed by atoms with van der Waals surface area (Å²) in [5.74, 6) is 0.235. The molecule has 32 heavy (non-hydrogen) atoms. The van der Waals surface area contributed by atoms with Crippen molar-refractivity contribution in [1.82, 2.24) is 4.98 Å². The largest absolute Gasteiger partial charge is 0.511 e. The van der Waals surface area contributed by atoms with Gasteiger partial charge in [0.1, 0.15) is 15.8 Å². The number of aryl methyl sites for hydroxylation is 1. The molecule has 0 unspecified atom stereocenters. The number of carboxylic acid groups (broad SMARTS) is 1. The molecule has 8 heteroatoms. The molecule has 2 heterocycles. The molecule has 2 bridgehead atoms. The third kappa shape index (κ3) is 3.88. The highest BCUT2D eigenvalue weighted by atomic mass is 32.1. The highest BCUT2D eigenvalue weighted by Gasteiger charge is 2.41. The summed E-state index contributed by atoms with van der Waals surface area (Å²) < 4.78 is 5.15. The molecule has 2 N–H and O–H groups in total. The van der Waals surface area contributed by atoms with E-state index in [0.29, 0.717) is 11.3 Å². The Kier molecular flexibility index (Phi) is 5.40. The van der Waals surface area contributed by atoms with Gasteiger partial charge in [0.2, 0.25) is 0 Å². The number of nitrogens with one attached hydrogen (secondary N) is 1. The molecule has 1 amide bonds. The van der Waals surface area contributed by atoms with Crippen molar-refractivity contribution in [2.75, 3.05) is 5.32 Å². The van der Waals surface area contributed by atoms with Crippen molar-refractivity contribution in [2.24, 2.45) is 17.3 Å². The average molecular weight is 473 g/mol. The fourth-order valence-corrected chi connectivity index (χ4v) is 7.90. The van der Waals surface area contributed by atoms with Gasteiger partial charge < -0.3 is 15.2 Å². The number of carbonyl (C=O) groups excluding carboxylic acids is 1. The number of fused-ring (bicyclic) bond motifs is 3. The summed E-state index contributed by atoms with van der Waals surface area (Å²) in [5.41, 5.74) is 4.10. The van der Waals surface area contributed by atoms with E-state index in [2.05, 4.69) is 19.2 Å². The van der Waals surface area contributed by atoms with Crippen LogP contribution in [0, 0.1) is 24.2 Å². The maximum absolute atomic E-state index is 13.5. The number of rotatable bonds is 4. The standard InChI is InChI=1S/C24H28N2O4S2/c1-12-11-31-21(25-12)18-15-8-9-24(2,3)10-16(15)32-22(18)26-20(27)17-13-4-6-14(7-5-13)19(17)30-23(28)29/h11,13-14H,4-10H2,1-3H3,(H,26,27)(H,28,29). The zero-order valence-electron chi connectivity index (χ0n) is 18.6. The molecular weight excluding hydrogens is 444 g/mol. The van der Waals surface area contributed by atoms with Gasteiger partial charge in [0.05, 0.1) is 5.57 Å². The van der Waals surface area contributed by atoms with Gasteiger partial charge in [0.15, 0.2) is 0 Å². The van der Waals surface area contributed by atoms with E-state index in [1.165, 1.54) is 10.4 Å². The van der Waals surface area contributed by atoms with Gasteiger partial charge in [-0.05, 0) is 68.8 Å². The Morgan fingerprint density at radius 2 is 1.94 bits per heavy atom. The number of amides is 1. The molecule has 0 aliphatic heterocycles. The van der Waals surface area contributed by atoms with Crippen LogP contribution in [0.4, 0.5) is 9.80 Å². The fraction of sp³-hybridized carbons (Fsp3) is 0.542. The number of thiophene rings is 1. The van der Waals surface area contributed by atoms with Gasteiger partial charge in [0, 0.05) is 27.4 Å². The van der Waals surface area contributed by atoms with Crippen LogP contribution in [0.15, 0.2) is 16.7 Å². The Morgan fingerprint density at radius 3 is 2.59 bits per heavy atom. The lowest BCUT2D eigenvalue weighted by atomic mass is 9.70. The zero-order chi connectivity index (χ0) is 22.6. The molecule has 1 fully saturated rings. The molecule has 6 nitrogen and oxygen atoms in total. The number of anilines is 1. The first kappa shape index (κ1) is 21.6. The second kappa shape index (κ2) is 7.99. The number of nitrogens with zero attached hydrogens (tertiary/aromatic N) is 1. The van der Waals surface area contributed by atoms with Crippen LogP contribution >= 0.6 is 22.7 Å². The minimum Gasteiger partial charge on any atom is -0.449 e. The first-order chi connectivity index (χ1) is 15.2. The molecule has 0 radical (unpaired) electrons. The number of hydrogen-bond donors (Lipinski definition) is 2. The third-order valence-corrected chi connectivity index (χ3v) is 9.18. The number of hydrogen-bond acceptors (Lipinski definition) is 6. The summed E-state index contributed by atoms with van der Waals surface area (Å²) in [5, 5.41) is 16.2. The topological polar surface area (TPSA) is 88.5 Å². The van der Waals surface area contributed by atoms with Crippen molar-refractivity contribution >= 4 is 39.7 Å². The molecule has 2 aromatic rings. The summed E-state index contributed by atoms with van der Waals surface area (Å²) in [6, 6.07) is 0. The van der Waals surface area contributed by atoms with Crippen LogP contribution in [0.2, 0.25) is 0 Å². The lowest BCUT2D eigenvalue weighted by Gasteiger charge is -2.37. The summed E-state index contributed by atoms with van der Waals surface area (Å²) in [7, 11) is 0. The smallest absolute Gasteiger partial charge is 0.449 e. The molecular formula is C24H28N2O4S2. The fourth-order valence-electron chi connectivity index (χ4n) is 5.45. The van der Waals surface area contributed by atoms with Crippen LogP contribution < -0.4 is 5.32 Å². The van der Waals surface area contributed by atoms with Gasteiger partial charge in [-0.1, -0.05) is 13.8 Å². The third-order valence-electron chi connectivity index (χ3n) is 7.06. The van der Waals surface area contributed by atoms with E-state index in [4.69, 9.17) is 9.72 Å². The highest BCUT2D eigenvalue weighted by molar-refractivity contribution is 7.18. The lowest BCUT2D eigenvalue weighted by molar-refractivity contribution is -0.114. The summed E-state index contributed by atoms with van der Waals surface area (Å²) in [6.07, 6.45) is 5.32. The van der Waals surface area contributed by atoms with Crippen LogP contribution in [-0.2, 0) is 22.4 Å². The van der Waals surface area contributed by atoms with Gasteiger partial charge in [-0.15, -0.1) is 22.7 Å². The van der Waals surface area contributed by atoms with E-state index >= 15 is 0 Å². The van der Waals surface area contributed by atoms with Crippen molar-refractivity contribution in [3.63, 3.8) is 0 Å². The van der Waals surface area contributed by atoms with Crippen LogP contribution in [-0.4, -0.2) is 22.2 Å². The SMILES string of the molecule is Cc1csc(-c2c(NC(=O)C3=C(OC(=O)O)C4CCC3CC4)sc3c2CCC(C)(C)C3)n1. The van der Waals surface area contributed by atoms with E-state index in [-0.39, 0.29) is 23.2 Å². The predicted molar refractivity (Wildman–Crippen MR) is 126 cm³/mol. The Hall–Kier alpha value is -2.19. The van der Waals surface area contributed by atoms with E-state index in [1.807, 2.05) is 12.3 Å². The van der Waals surface area contributed by atoms with E-state index in [1.54, 1.807) is 22.7 Å². The first-order valence-electron chi connectivity index (χ1n) is 11.2. The molecule has 4 aliphatic rings. The van der Waals surface area contributed by atoms with Gasteiger partial charge in [-0.2, -0.15) is 0 Å². The molecule has 0 spiro atoms. The molecule has 2 aromatic heterocycles. The van der Waals surface area contributed by atoms with E-state index in [0.717, 1.165) is 66.2 Å². The molecule has 0 aromatic carbocycles. The van der Waals surface area contributed by atoms with Crippen LogP contribution in [0.3, 0.4) is 0 Å². The Morgan fingerprint density at radius 1 is 1.22 bits per heavy atom. The second-order valence-electron chi connectivity index (χ2n) is 9.99. The van der Waals surface area contributed by atoms with Crippen molar-refractivity contribution < 1.29 is 19.4 Å². The van der Waals surface area contributed by atoms with Crippen LogP contribution in [0.5, 0.6) is 0 Å². The molecule has 6 rings (SSSR count). The van der Waals surface area contributed by atoms with Gasteiger partial charge in [-0.25, -0.2) is 9.78 Å². The zero-order valence-corrected chi connectivity index (χ0v) is 20.3. The first-order valence-corrected chi connectivity index (χ1v) is 12.9. The van der Waals surface area contributed by atoms with Crippen molar-refractivity contribution in [2.45, 2.75) is 65.7 Å². The Labute approximate surface area is 195 Å². The number of thiazole rings is 1. The number of allylic oxidation sites excluding steroid dienone is 1. The Balaban J connectivity index is 1.54. The molecule has 1 saturated carbocycles. The van der Waals surface area contributed by atoms with Crippen molar-refractivity contribution in [3.05, 3.63) is 32.8 Å². The molecule has 0 atom stereocenters. The maximum Gasteiger partial charge on any atom is 0.511 e. The molecule has 170 valence electrons. The number of ether oxygens (including phenoxy) is 1. The molecule has 0 saturated heterocycles. The van der Waals surface area contributed by atoms with Gasteiger partial charge in [-0.3, -0.25) is 4.79 Å². The summed E-state index contributed by atoms with van der Waals surface area (Å²) >= 11 is 3.26. The number of aromatic nitrogens is 1. The summed E-state index contributed by atoms with van der Waals surface area (Å²) in [6.45, 7) is 6.57. The number of carbonyl (C=O) groups is 2. The van der Waals surface area contributed by atoms with E-state index in [9.17, 15) is 14.7 Å². The molecule has 4 aliphatic carbocycles. The second-order valence-corrected chi connectivity index (χ2v) is 12.0. The highest BCUT2D eigenvalue weighted by Crippen LogP contribution is 2.50. The van der Waals surface area contributed by atoms with Crippen molar-refractivity contribution in [1.29, 1.82) is 0 Å². The lowest BCUT2D eigenvalue weighted by Crippen LogP contribution is -2.34. The van der Waals surface area contributed by atoms with Crippen LogP contribution in [0.25, 0.3) is 10.6 Å². The minimum absolute atomic E-state index is 0.0234. The maximum atomic E-state index is 13.5. The van der Waals surface area contributed by atoms with Crippen molar-refractivity contribution in [3.8, 4) is 10.6 Å². The Bertz CT molecular complexity index is 1120. The quantitative estimate of drug-likeness (QED) is 0.503. The predicted octanol–water partition coefficient (Wildman–Crippen LogP) is 6.40. The van der Waals surface area contributed by atoms with E-state index < -0.39 is 6.16 Å². The van der Waals surface area contributed by atoms with Crippen LogP contribution in [0.1, 0.15) is 62.1 Å². The summed E-state index contributed by atoms with van der Waals surface area (Å²) in [4.78, 5) is 30.9. The average Bonchev–Trinajstić information content (AvgIpc) is 3.29. The monoisotopic (exact) mass is 472 g/mol. The van der Waals surface area contributed by atoms with Gasteiger partial charge in [0.25, 0.3) is 5.91 Å². The van der Waals surface area contributed by atoms with Gasteiger partial charge >= 0.3 is 6.16 Å².